The quantitative estimate of drug-likeness (QED) is 0.687. The normalized spacial score (nSPS) is 18.3. The van der Waals surface area contributed by atoms with Crippen LogP contribution in [0, 0.1) is 0 Å². The molecule has 1 aromatic rings. The van der Waals surface area contributed by atoms with Crippen molar-refractivity contribution < 1.29 is 4.79 Å². The molecule has 84 valence electrons. The molecule has 1 aromatic carbocycles. The van der Waals surface area contributed by atoms with E-state index in [2.05, 4.69) is 15.9 Å². The predicted molar refractivity (Wildman–Crippen MR) is 74.0 cm³/mol. The molecule has 4 heteroatoms. The van der Waals surface area contributed by atoms with Crippen LogP contribution in [0.3, 0.4) is 0 Å². The highest BCUT2D eigenvalue weighted by Crippen LogP contribution is 2.48. The SMILES string of the molecule is O=C1C2=Cc3ccccc3C2=C(Br)C(Cl)=C1Cl. The molecule has 0 radical (unpaired) electrons. The van der Waals surface area contributed by atoms with Crippen LogP contribution in [0.5, 0.6) is 0 Å². The van der Waals surface area contributed by atoms with Gasteiger partial charge in [-0.2, -0.15) is 0 Å². The van der Waals surface area contributed by atoms with Crippen LogP contribution in [0.25, 0.3) is 11.6 Å². The summed E-state index contributed by atoms with van der Waals surface area (Å²) >= 11 is 15.4. The summed E-state index contributed by atoms with van der Waals surface area (Å²) in [6.07, 6.45) is 1.85. The Bertz CT molecular complexity index is 653. The lowest BCUT2D eigenvalue weighted by Crippen LogP contribution is -2.09. The van der Waals surface area contributed by atoms with Gasteiger partial charge in [0.1, 0.15) is 5.03 Å². The highest BCUT2D eigenvalue weighted by molar-refractivity contribution is 9.12. The van der Waals surface area contributed by atoms with E-state index in [4.69, 9.17) is 23.2 Å². The number of Topliss-reactive ketones (excluding diaryl/α,β-unsaturated/α-hetero) is 1. The van der Waals surface area contributed by atoms with Crippen molar-refractivity contribution in [3.63, 3.8) is 0 Å². The summed E-state index contributed by atoms with van der Waals surface area (Å²) < 4.78 is 0.681. The number of rotatable bonds is 0. The minimum Gasteiger partial charge on any atom is -0.288 e. The number of hydrogen-bond donors (Lipinski definition) is 0. The van der Waals surface area contributed by atoms with Gasteiger partial charge in [0.05, 0.1) is 5.03 Å². The molecule has 0 saturated carbocycles. The smallest absolute Gasteiger partial charge is 0.206 e. The highest BCUT2D eigenvalue weighted by Gasteiger charge is 2.33. The molecule has 0 unspecified atom stereocenters. The molecule has 17 heavy (non-hydrogen) atoms. The van der Waals surface area contributed by atoms with Crippen molar-refractivity contribution in [1.82, 2.24) is 0 Å². The van der Waals surface area contributed by atoms with Crippen molar-refractivity contribution >= 4 is 56.6 Å². The Balaban J connectivity index is 2.36. The zero-order valence-electron chi connectivity index (χ0n) is 8.43. The number of carbonyl (C=O) groups excluding carboxylic acids is 1. The van der Waals surface area contributed by atoms with Crippen molar-refractivity contribution in [3.8, 4) is 0 Å². The number of carbonyl (C=O) groups is 1. The molecule has 0 aliphatic heterocycles. The Hall–Kier alpha value is -0.830. The van der Waals surface area contributed by atoms with Crippen molar-refractivity contribution in [2.75, 3.05) is 0 Å². The Morgan fingerprint density at radius 2 is 1.76 bits per heavy atom. The summed E-state index contributed by atoms with van der Waals surface area (Å²) in [6, 6.07) is 7.79. The van der Waals surface area contributed by atoms with Crippen molar-refractivity contribution in [1.29, 1.82) is 0 Å². The lowest BCUT2D eigenvalue weighted by atomic mass is 9.96. The highest BCUT2D eigenvalue weighted by atomic mass is 79.9. The van der Waals surface area contributed by atoms with E-state index >= 15 is 0 Å². The summed E-state index contributed by atoms with van der Waals surface area (Å²) in [5.41, 5.74) is 3.45. The van der Waals surface area contributed by atoms with Crippen LogP contribution in [-0.2, 0) is 4.79 Å². The minimum atomic E-state index is -0.217. The van der Waals surface area contributed by atoms with Crippen molar-refractivity contribution in [2.24, 2.45) is 0 Å². The predicted octanol–water partition coefficient (Wildman–Crippen LogP) is 4.46. The average Bonchev–Trinajstić information content (AvgIpc) is 2.73. The lowest BCUT2D eigenvalue weighted by molar-refractivity contribution is -0.111. The van der Waals surface area contributed by atoms with Gasteiger partial charge in [0.15, 0.2) is 0 Å². The lowest BCUT2D eigenvalue weighted by Gasteiger charge is -2.15. The van der Waals surface area contributed by atoms with Gasteiger partial charge in [-0.05, 0) is 33.1 Å². The fourth-order valence-corrected chi connectivity index (χ4v) is 3.18. The second kappa shape index (κ2) is 3.84. The Morgan fingerprint density at radius 3 is 2.53 bits per heavy atom. The number of hydrogen-bond acceptors (Lipinski definition) is 1. The summed E-state index contributed by atoms with van der Waals surface area (Å²) in [7, 11) is 0. The second-order valence-electron chi connectivity index (χ2n) is 3.79. The molecule has 0 N–H and O–H groups in total. The third kappa shape index (κ3) is 1.48. The van der Waals surface area contributed by atoms with Gasteiger partial charge < -0.3 is 0 Å². The zero-order valence-corrected chi connectivity index (χ0v) is 11.5. The second-order valence-corrected chi connectivity index (χ2v) is 5.34. The molecule has 0 spiro atoms. The Morgan fingerprint density at radius 1 is 1.06 bits per heavy atom. The maximum atomic E-state index is 12.0. The molecule has 0 fully saturated rings. The monoisotopic (exact) mass is 326 g/mol. The molecular weight excluding hydrogens is 323 g/mol. The molecule has 0 heterocycles. The third-order valence-electron chi connectivity index (χ3n) is 2.85. The van der Waals surface area contributed by atoms with Crippen LogP contribution in [0.2, 0.25) is 0 Å². The standard InChI is InChI=1S/C13H5BrCl2O/c14-10-9-7-4-2-1-3-6(7)5-8(9)13(17)12(16)11(10)15/h1-5H. The van der Waals surface area contributed by atoms with E-state index in [1.807, 2.05) is 30.3 Å². The van der Waals surface area contributed by atoms with Gasteiger partial charge >= 0.3 is 0 Å². The summed E-state index contributed by atoms with van der Waals surface area (Å²) in [6.45, 7) is 0. The molecule has 0 bridgehead atoms. The van der Waals surface area contributed by atoms with Crippen LogP contribution in [-0.4, -0.2) is 5.78 Å². The topological polar surface area (TPSA) is 17.1 Å². The maximum Gasteiger partial charge on any atom is 0.206 e. The maximum absolute atomic E-state index is 12.0. The minimum absolute atomic E-state index is 0.0707. The van der Waals surface area contributed by atoms with Gasteiger partial charge in [-0.3, -0.25) is 4.79 Å². The third-order valence-corrected chi connectivity index (χ3v) is 4.70. The Kier molecular flexibility index (Phi) is 2.54. The van der Waals surface area contributed by atoms with Gasteiger partial charge in [-0.15, -0.1) is 0 Å². The molecule has 1 nitrogen and oxygen atoms in total. The summed E-state index contributed by atoms with van der Waals surface area (Å²) in [4.78, 5) is 12.0. The van der Waals surface area contributed by atoms with Crippen LogP contribution >= 0.6 is 39.1 Å². The Labute approximate surface area is 117 Å². The molecule has 0 amide bonds. The van der Waals surface area contributed by atoms with E-state index in [0.717, 1.165) is 16.7 Å². The van der Waals surface area contributed by atoms with E-state index in [1.54, 1.807) is 0 Å². The molecule has 2 aliphatic carbocycles. The summed E-state index contributed by atoms with van der Waals surface area (Å²) in [5.74, 6) is -0.217. The average molecular weight is 328 g/mol. The largest absolute Gasteiger partial charge is 0.288 e. The first-order valence-corrected chi connectivity index (χ1v) is 6.47. The van der Waals surface area contributed by atoms with E-state index in [0.29, 0.717) is 10.1 Å². The van der Waals surface area contributed by atoms with E-state index in [1.165, 1.54) is 0 Å². The van der Waals surface area contributed by atoms with E-state index in [9.17, 15) is 4.79 Å². The molecule has 2 aliphatic rings. The van der Waals surface area contributed by atoms with Gasteiger partial charge in [-0.25, -0.2) is 0 Å². The zero-order chi connectivity index (χ0) is 12.2. The van der Waals surface area contributed by atoms with Crippen LogP contribution < -0.4 is 0 Å². The van der Waals surface area contributed by atoms with Crippen LogP contribution in [0.4, 0.5) is 0 Å². The first-order valence-electron chi connectivity index (χ1n) is 4.93. The van der Waals surface area contributed by atoms with Crippen LogP contribution in [0.1, 0.15) is 11.1 Å². The molecule has 0 aromatic heterocycles. The van der Waals surface area contributed by atoms with Gasteiger partial charge in [0, 0.05) is 15.6 Å². The fraction of sp³-hybridized carbons (Fsp3) is 0. The van der Waals surface area contributed by atoms with Crippen LogP contribution in [0.15, 0.2) is 44.4 Å². The van der Waals surface area contributed by atoms with Crippen molar-refractivity contribution in [2.45, 2.75) is 0 Å². The fourth-order valence-electron chi connectivity index (χ4n) is 2.06. The first kappa shape index (κ1) is 11.3. The van der Waals surface area contributed by atoms with E-state index < -0.39 is 0 Å². The molecule has 0 atom stereocenters. The van der Waals surface area contributed by atoms with Gasteiger partial charge in [0.25, 0.3) is 0 Å². The summed E-state index contributed by atoms with van der Waals surface area (Å²) in [5, 5.41) is 0.349. The first-order chi connectivity index (χ1) is 8.11. The van der Waals surface area contributed by atoms with E-state index in [-0.39, 0.29) is 15.8 Å². The van der Waals surface area contributed by atoms with Crippen molar-refractivity contribution in [3.05, 3.63) is 55.5 Å². The molecular formula is C13H5BrCl2O. The van der Waals surface area contributed by atoms with Gasteiger partial charge in [-0.1, -0.05) is 47.5 Å². The molecule has 0 saturated heterocycles. The number of benzene rings is 1. The van der Waals surface area contributed by atoms with Gasteiger partial charge in [0.2, 0.25) is 5.78 Å². The number of ketones is 1. The number of allylic oxidation sites excluding steroid dienone is 5. The number of fused-ring (bicyclic) bond motifs is 3. The molecule has 3 rings (SSSR count). The number of halogens is 3.